The smallest absolute Gasteiger partial charge is 0.545 e. The van der Waals surface area contributed by atoms with E-state index in [-0.39, 0.29) is 67.1 Å². The SMILES string of the molecule is [C-]#[O+].[C-]#[O+].[C-]#[O+].[CH-]=O.[CH-]=O.[CH-]=O.[CH-]=O.[CH-]=O.[CH-]=O.[CH-]=O.[CH-]=O.[CH-]=O.[Co+2].[Co+2].[Co+2].[Co+3]. The molecule has 0 bridgehead atoms. The molecule has 0 unspecified atom stereocenters. The van der Waals surface area contributed by atoms with Gasteiger partial charge in [-0.25, -0.2) is 0 Å². The minimum Gasteiger partial charge on any atom is -0.545 e. The number of hydrogen-bond donors (Lipinski definition) is 0. The van der Waals surface area contributed by atoms with Crippen LogP contribution in [0.1, 0.15) is 0 Å². The van der Waals surface area contributed by atoms with Crippen molar-refractivity contribution in [2.24, 2.45) is 0 Å². The summed E-state index contributed by atoms with van der Waals surface area (Å²) in [5, 5.41) is 0. The standard InChI is InChI=1S/9CHO.3CO.4Co/c12*1-2;;;;/h9*1H;;;;;;;/q9*-1;;;;3*+2;+3. The summed E-state index contributed by atoms with van der Waals surface area (Å²) in [5.74, 6) is 0. The topological polar surface area (TPSA) is 213 Å². The van der Waals surface area contributed by atoms with Crippen LogP contribution in [-0.4, -0.2) is 61.1 Å². The summed E-state index contributed by atoms with van der Waals surface area (Å²) in [7, 11) is 0. The Balaban J connectivity index is -0.00000000396. The van der Waals surface area contributed by atoms with E-state index < -0.39 is 0 Å². The molecule has 0 spiro atoms. The van der Waals surface area contributed by atoms with Gasteiger partial charge in [-0.15, -0.1) is 0 Å². The van der Waals surface area contributed by atoms with Crippen LogP contribution >= 0.6 is 0 Å². The van der Waals surface area contributed by atoms with E-state index in [9.17, 15) is 0 Å². The molecule has 0 aromatic carbocycles. The molecular formula is C12H9Co4O12. The van der Waals surface area contributed by atoms with E-state index in [2.05, 4.69) is 81.1 Å². The normalized spacial score (nSPS) is 1.50. The fraction of sp³-hybridized carbons (Fsp3) is 0. The van der Waals surface area contributed by atoms with E-state index >= 15 is 0 Å². The first-order chi connectivity index (χ1) is 12.0. The van der Waals surface area contributed by atoms with Gasteiger partial charge in [0.05, 0.1) is 0 Å². The summed E-state index contributed by atoms with van der Waals surface area (Å²) in [4.78, 5) is 69.8. The summed E-state index contributed by atoms with van der Waals surface area (Å²) in [6, 6.07) is 0. The Labute approximate surface area is 204 Å². The van der Waals surface area contributed by atoms with Crippen molar-refractivity contribution >= 4 is 61.1 Å². The molecule has 0 amide bonds. The third kappa shape index (κ3) is 4420. The van der Waals surface area contributed by atoms with Gasteiger partial charge in [0.1, 0.15) is 0 Å². The number of rotatable bonds is 0. The molecule has 28 heavy (non-hydrogen) atoms. The third-order valence-corrected chi connectivity index (χ3v) is 0. The van der Waals surface area contributed by atoms with Crippen LogP contribution in [0.15, 0.2) is 0 Å². The Morgan fingerprint density at radius 2 is 0.286 bits per heavy atom. The summed E-state index contributed by atoms with van der Waals surface area (Å²) in [6.07, 6.45) is 0. The summed E-state index contributed by atoms with van der Waals surface area (Å²) < 4.78 is 22.5. The van der Waals surface area contributed by atoms with Crippen LogP contribution < -0.4 is 0 Å². The second kappa shape index (κ2) is 5010. The molecule has 0 rings (SSSR count). The van der Waals surface area contributed by atoms with Crippen LogP contribution in [0.2, 0.25) is 0 Å². The van der Waals surface area contributed by atoms with Gasteiger partial charge in [-0.2, -0.15) is 0 Å². The molecular weight excluding hydrogens is 572 g/mol. The van der Waals surface area contributed by atoms with Crippen molar-refractivity contribution < 1.29 is 124 Å². The van der Waals surface area contributed by atoms with Crippen LogP contribution in [0.3, 0.4) is 0 Å². The quantitative estimate of drug-likeness (QED) is 0.167. The minimum atomic E-state index is 0. The van der Waals surface area contributed by atoms with Crippen LogP contribution in [0.4, 0.5) is 0 Å². The zero-order valence-electron chi connectivity index (χ0n) is 12.9. The molecule has 0 aliphatic rings. The van der Waals surface area contributed by atoms with Gasteiger partial charge in [0.2, 0.25) is 0 Å². The molecule has 0 aromatic rings. The predicted octanol–water partition coefficient (Wildman–Crippen LogP) is -2.59. The Bertz CT molecular complexity index is 134. The average Bonchev–Trinajstić information content (AvgIpc) is 2.84. The Kier molecular flexibility index (Phi) is 28500. The zero-order chi connectivity index (χ0) is 24.0. The first kappa shape index (κ1) is 159. The van der Waals surface area contributed by atoms with Gasteiger partial charge >= 0.3 is 101 Å². The largest absolute Gasteiger partial charge is 3.00 e. The Morgan fingerprint density at radius 3 is 0.286 bits per heavy atom. The molecule has 0 saturated heterocycles. The molecule has 12 nitrogen and oxygen atoms in total. The van der Waals surface area contributed by atoms with E-state index in [1.54, 1.807) is 0 Å². The van der Waals surface area contributed by atoms with Crippen molar-refractivity contribution in [1.82, 2.24) is 0 Å². The van der Waals surface area contributed by atoms with E-state index in [0.29, 0.717) is 0 Å². The van der Waals surface area contributed by atoms with Crippen LogP contribution in [0.5, 0.6) is 0 Å². The zero-order valence-corrected chi connectivity index (χ0v) is 17.1. The van der Waals surface area contributed by atoms with Gasteiger partial charge in [-0.3, -0.25) is 61.1 Å². The summed E-state index contributed by atoms with van der Waals surface area (Å²) in [6.45, 7) is 42.8. The van der Waals surface area contributed by atoms with Gasteiger partial charge < -0.3 is 43.2 Å². The fourth-order valence-electron chi connectivity index (χ4n) is 0. The van der Waals surface area contributed by atoms with Gasteiger partial charge in [-0.1, -0.05) is 0 Å². The molecule has 0 aromatic heterocycles. The average molecular weight is 581 g/mol. The molecule has 165 valence electrons. The van der Waals surface area contributed by atoms with Gasteiger partial charge in [-0.05, 0) is 0 Å². The predicted molar refractivity (Wildman–Crippen MR) is 72.5 cm³/mol. The monoisotopic (exact) mass is 581 g/mol. The molecule has 0 aliphatic heterocycles. The summed E-state index contributed by atoms with van der Waals surface area (Å²) >= 11 is 0. The maximum absolute atomic E-state index is 7.75. The van der Waals surface area contributed by atoms with Crippen LogP contribution in [0, 0.1) is 20.0 Å². The Hall–Kier alpha value is -1.72. The van der Waals surface area contributed by atoms with Crippen molar-refractivity contribution in [2.75, 3.05) is 0 Å². The van der Waals surface area contributed by atoms with Crippen molar-refractivity contribution in [3.63, 3.8) is 0 Å². The van der Waals surface area contributed by atoms with Crippen LogP contribution in [-0.2, 0) is 124 Å². The van der Waals surface area contributed by atoms with E-state index in [4.69, 9.17) is 57.1 Å². The molecule has 16 heteroatoms. The molecule has 0 aliphatic carbocycles. The van der Waals surface area contributed by atoms with Crippen molar-refractivity contribution in [1.29, 1.82) is 0 Å². The second-order valence-corrected chi connectivity index (χ2v) is 0. The van der Waals surface area contributed by atoms with Crippen molar-refractivity contribution in [2.45, 2.75) is 0 Å². The van der Waals surface area contributed by atoms with Gasteiger partial charge in [0.25, 0.3) is 0 Å². The number of carbonyl (C=O) groups excluding carboxylic acids is 9. The van der Waals surface area contributed by atoms with E-state index in [1.165, 1.54) is 0 Å². The number of hydrogen-bond acceptors (Lipinski definition) is 9. The fourth-order valence-corrected chi connectivity index (χ4v) is 0. The maximum Gasteiger partial charge on any atom is 3.00 e. The van der Waals surface area contributed by atoms with Crippen molar-refractivity contribution in [3.05, 3.63) is 20.0 Å². The molecule has 0 heterocycles. The van der Waals surface area contributed by atoms with E-state index in [1.807, 2.05) is 0 Å². The first-order valence-electron chi connectivity index (χ1n) is 2.73. The molecule has 3 radical (unpaired) electrons. The maximum atomic E-state index is 7.75. The Morgan fingerprint density at radius 1 is 0.286 bits per heavy atom. The third-order valence-electron chi connectivity index (χ3n) is 0. The molecule has 0 fully saturated rings. The first-order valence-corrected chi connectivity index (χ1v) is 2.73. The van der Waals surface area contributed by atoms with Gasteiger partial charge in [0, 0.05) is 0 Å². The minimum absolute atomic E-state index is 0. The van der Waals surface area contributed by atoms with Gasteiger partial charge in [0.15, 0.2) is 0 Å². The van der Waals surface area contributed by atoms with E-state index in [0.717, 1.165) is 0 Å². The molecule has 0 atom stereocenters. The summed E-state index contributed by atoms with van der Waals surface area (Å²) in [5.41, 5.74) is 0. The molecule has 0 saturated carbocycles. The molecule has 0 N–H and O–H groups in total. The van der Waals surface area contributed by atoms with Crippen molar-refractivity contribution in [3.8, 4) is 0 Å². The van der Waals surface area contributed by atoms with Crippen LogP contribution in [0.25, 0.3) is 0 Å². The second-order valence-electron chi connectivity index (χ2n) is 0.